The molecule has 4 aromatic rings. The number of para-hydroxylation sites is 1. The molecule has 0 saturated heterocycles. The average Bonchev–Trinajstić information content (AvgIpc) is 3.13. The second-order valence-corrected chi connectivity index (χ2v) is 5.46. The smallest absolute Gasteiger partial charge is 0.254 e. The molecule has 0 aliphatic heterocycles. The molecule has 0 N–H and O–H groups in total. The SMILES string of the molecule is c1ccc(OCc2nnc(COc3cccc4ccccc34)o2)cc1. The Morgan fingerprint density at radius 2 is 1.36 bits per heavy atom. The van der Waals surface area contributed by atoms with Gasteiger partial charge in [-0.2, -0.15) is 0 Å². The number of benzene rings is 3. The zero-order valence-corrected chi connectivity index (χ0v) is 13.5. The van der Waals surface area contributed by atoms with Crippen molar-refractivity contribution in [2.45, 2.75) is 13.2 Å². The molecule has 124 valence electrons. The predicted octanol–water partition coefficient (Wildman–Crippen LogP) is 4.38. The summed E-state index contributed by atoms with van der Waals surface area (Å²) in [5, 5.41) is 10.2. The van der Waals surface area contributed by atoms with E-state index in [0.29, 0.717) is 11.8 Å². The molecule has 0 unspecified atom stereocenters. The average molecular weight is 332 g/mol. The minimum absolute atomic E-state index is 0.215. The third-order valence-corrected chi connectivity index (χ3v) is 3.71. The quantitative estimate of drug-likeness (QED) is 0.524. The van der Waals surface area contributed by atoms with Gasteiger partial charge in [0.2, 0.25) is 0 Å². The maximum atomic E-state index is 5.84. The van der Waals surface area contributed by atoms with Gasteiger partial charge in [-0.15, -0.1) is 10.2 Å². The number of nitrogens with zero attached hydrogens (tertiary/aromatic N) is 2. The number of fused-ring (bicyclic) bond motifs is 1. The lowest BCUT2D eigenvalue weighted by molar-refractivity contribution is 0.233. The summed E-state index contributed by atoms with van der Waals surface area (Å²) in [6.07, 6.45) is 0. The topological polar surface area (TPSA) is 57.4 Å². The summed E-state index contributed by atoms with van der Waals surface area (Å²) < 4.78 is 17.0. The van der Waals surface area contributed by atoms with Crippen LogP contribution in [0.25, 0.3) is 10.8 Å². The Morgan fingerprint density at radius 1 is 0.680 bits per heavy atom. The third kappa shape index (κ3) is 3.61. The first kappa shape index (κ1) is 15.2. The fraction of sp³-hybridized carbons (Fsp3) is 0.100. The van der Waals surface area contributed by atoms with E-state index in [4.69, 9.17) is 13.9 Å². The monoisotopic (exact) mass is 332 g/mol. The molecule has 1 aromatic heterocycles. The van der Waals surface area contributed by atoms with Crippen LogP contribution in [-0.4, -0.2) is 10.2 Å². The molecule has 0 saturated carbocycles. The van der Waals surface area contributed by atoms with Crippen LogP contribution in [0, 0.1) is 0 Å². The molecule has 3 aromatic carbocycles. The summed E-state index contributed by atoms with van der Waals surface area (Å²) in [6, 6.07) is 23.5. The fourth-order valence-corrected chi connectivity index (χ4v) is 2.53. The van der Waals surface area contributed by atoms with Gasteiger partial charge in [-0.1, -0.05) is 54.6 Å². The Morgan fingerprint density at radius 3 is 2.20 bits per heavy atom. The number of aromatic nitrogens is 2. The zero-order valence-electron chi connectivity index (χ0n) is 13.5. The van der Waals surface area contributed by atoms with E-state index in [-0.39, 0.29) is 13.2 Å². The van der Waals surface area contributed by atoms with Crippen molar-refractivity contribution in [1.82, 2.24) is 10.2 Å². The van der Waals surface area contributed by atoms with E-state index < -0.39 is 0 Å². The van der Waals surface area contributed by atoms with Crippen molar-refractivity contribution in [2.75, 3.05) is 0 Å². The van der Waals surface area contributed by atoms with E-state index in [1.807, 2.05) is 72.8 Å². The molecule has 0 atom stereocenters. The first-order valence-electron chi connectivity index (χ1n) is 7.98. The minimum Gasteiger partial charge on any atom is -0.484 e. The highest BCUT2D eigenvalue weighted by Gasteiger charge is 2.09. The molecule has 0 amide bonds. The Kier molecular flexibility index (Phi) is 4.29. The summed E-state index contributed by atoms with van der Waals surface area (Å²) in [5.41, 5.74) is 0. The molecule has 1 heterocycles. The highest BCUT2D eigenvalue weighted by Crippen LogP contribution is 2.25. The summed E-state index contributed by atoms with van der Waals surface area (Å²) in [6.45, 7) is 0.442. The van der Waals surface area contributed by atoms with Gasteiger partial charge in [0.15, 0.2) is 13.2 Å². The van der Waals surface area contributed by atoms with E-state index in [1.165, 1.54) is 0 Å². The van der Waals surface area contributed by atoms with Crippen LogP contribution in [0.5, 0.6) is 11.5 Å². The van der Waals surface area contributed by atoms with Crippen LogP contribution in [-0.2, 0) is 13.2 Å². The number of hydrogen-bond donors (Lipinski definition) is 0. The Hall–Kier alpha value is -3.34. The first-order chi connectivity index (χ1) is 12.4. The van der Waals surface area contributed by atoms with E-state index in [9.17, 15) is 0 Å². The van der Waals surface area contributed by atoms with E-state index >= 15 is 0 Å². The summed E-state index contributed by atoms with van der Waals surface area (Å²) >= 11 is 0. The summed E-state index contributed by atoms with van der Waals surface area (Å²) in [7, 11) is 0. The van der Waals surface area contributed by atoms with Crippen molar-refractivity contribution >= 4 is 10.8 Å². The van der Waals surface area contributed by atoms with Gasteiger partial charge in [-0.25, -0.2) is 0 Å². The molecule has 5 heteroatoms. The standard InChI is InChI=1S/C20H16N2O3/c1-2-9-16(10-3-1)23-13-19-21-22-20(25-19)14-24-18-12-6-8-15-7-4-5-11-17(15)18/h1-12H,13-14H2. The molecular formula is C20H16N2O3. The van der Waals surface area contributed by atoms with Crippen LogP contribution in [0.3, 0.4) is 0 Å². The zero-order chi connectivity index (χ0) is 16.9. The van der Waals surface area contributed by atoms with Gasteiger partial charge in [0.05, 0.1) is 0 Å². The molecule has 25 heavy (non-hydrogen) atoms. The highest BCUT2D eigenvalue weighted by atomic mass is 16.5. The van der Waals surface area contributed by atoms with Crippen LogP contribution >= 0.6 is 0 Å². The van der Waals surface area contributed by atoms with Crippen LogP contribution in [0.15, 0.2) is 77.2 Å². The van der Waals surface area contributed by atoms with Crippen LogP contribution in [0.2, 0.25) is 0 Å². The van der Waals surface area contributed by atoms with Gasteiger partial charge in [0, 0.05) is 5.39 Å². The molecule has 0 bridgehead atoms. The van der Waals surface area contributed by atoms with Crippen LogP contribution in [0.4, 0.5) is 0 Å². The molecular weight excluding hydrogens is 316 g/mol. The minimum atomic E-state index is 0.215. The second kappa shape index (κ2) is 7.05. The molecule has 4 rings (SSSR count). The van der Waals surface area contributed by atoms with Crippen molar-refractivity contribution < 1.29 is 13.9 Å². The third-order valence-electron chi connectivity index (χ3n) is 3.71. The van der Waals surface area contributed by atoms with E-state index in [0.717, 1.165) is 22.3 Å². The van der Waals surface area contributed by atoms with E-state index in [1.54, 1.807) is 0 Å². The van der Waals surface area contributed by atoms with Crippen LogP contribution in [0.1, 0.15) is 11.8 Å². The molecule has 0 aliphatic carbocycles. The lowest BCUT2D eigenvalue weighted by Gasteiger charge is -2.07. The van der Waals surface area contributed by atoms with Gasteiger partial charge in [0.25, 0.3) is 11.8 Å². The molecule has 0 aliphatic rings. The van der Waals surface area contributed by atoms with Crippen molar-refractivity contribution in [1.29, 1.82) is 0 Å². The van der Waals surface area contributed by atoms with Crippen molar-refractivity contribution in [3.8, 4) is 11.5 Å². The highest BCUT2D eigenvalue weighted by molar-refractivity contribution is 5.88. The van der Waals surface area contributed by atoms with Crippen LogP contribution < -0.4 is 9.47 Å². The summed E-state index contributed by atoms with van der Waals surface area (Å²) in [4.78, 5) is 0. The maximum Gasteiger partial charge on any atom is 0.254 e. The predicted molar refractivity (Wildman–Crippen MR) is 93.4 cm³/mol. The lowest BCUT2D eigenvalue weighted by Crippen LogP contribution is -1.96. The van der Waals surface area contributed by atoms with Crippen molar-refractivity contribution in [3.63, 3.8) is 0 Å². The second-order valence-electron chi connectivity index (χ2n) is 5.46. The molecule has 0 fully saturated rings. The first-order valence-corrected chi connectivity index (χ1v) is 7.98. The van der Waals surface area contributed by atoms with Crippen molar-refractivity contribution in [2.24, 2.45) is 0 Å². The van der Waals surface area contributed by atoms with E-state index in [2.05, 4.69) is 10.2 Å². The Balaban J connectivity index is 1.39. The normalized spacial score (nSPS) is 10.7. The lowest BCUT2D eigenvalue weighted by atomic mass is 10.1. The number of rotatable bonds is 6. The van der Waals surface area contributed by atoms with Gasteiger partial charge in [0.1, 0.15) is 11.5 Å². The fourth-order valence-electron chi connectivity index (χ4n) is 2.53. The molecule has 0 spiro atoms. The number of hydrogen-bond acceptors (Lipinski definition) is 5. The van der Waals surface area contributed by atoms with Gasteiger partial charge in [-0.05, 0) is 23.6 Å². The largest absolute Gasteiger partial charge is 0.484 e. The molecule has 0 radical (unpaired) electrons. The van der Waals surface area contributed by atoms with Gasteiger partial charge >= 0.3 is 0 Å². The Labute approximate surface area is 144 Å². The maximum absolute atomic E-state index is 5.84. The number of ether oxygens (including phenoxy) is 2. The summed E-state index contributed by atoms with van der Waals surface area (Å²) in [5.74, 6) is 2.38. The van der Waals surface area contributed by atoms with Gasteiger partial charge < -0.3 is 13.9 Å². The Bertz CT molecular complexity index is 962. The van der Waals surface area contributed by atoms with Crippen molar-refractivity contribution in [3.05, 3.63) is 84.6 Å². The molecule has 5 nitrogen and oxygen atoms in total. The van der Waals surface area contributed by atoms with Gasteiger partial charge in [-0.3, -0.25) is 0 Å².